The predicted octanol–water partition coefficient (Wildman–Crippen LogP) is 2.18. The largest absolute Gasteiger partial charge is 0.490 e. The van der Waals surface area contributed by atoms with E-state index in [1.165, 1.54) is 13.2 Å². The maximum absolute atomic E-state index is 11.1. The smallest absolute Gasteiger partial charge is 0.333 e. The molecule has 1 aromatic rings. The number of nitrogens with zero attached hydrogens (tertiary/aromatic N) is 1. The van der Waals surface area contributed by atoms with Gasteiger partial charge in [-0.25, -0.2) is 0 Å². The Labute approximate surface area is 106 Å². The predicted molar refractivity (Wildman–Crippen MR) is 69.1 cm³/mol. The third kappa shape index (κ3) is 2.89. The number of hydrogen-bond donors (Lipinski definition) is 2. The summed E-state index contributed by atoms with van der Waals surface area (Å²) in [6, 6.07) is 4.80. The van der Waals surface area contributed by atoms with Crippen LogP contribution in [-0.2, 0) is 0 Å². The van der Waals surface area contributed by atoms with Crippen molar-refractivity contribution in [1.82, 2.24) is 0 Å². The van der Waals surface area contributed by atoms with Gasteiger partial charge in [0.15, 0.2) is 5.75 Å². The van der Waals surface area contributed by atoms with Crippen LogP contribution in [0.5, 0.6) is 5.75 Å². The Balaban J connectivity index is 3.20. The van der Waals surface area contributed by atoms with E-state index in [0.29, 0.717) is 12.1 Å². The number of ether oxygens (including phenoxy) is 1. The molecule has 0 fully saturated rings. The molecular weight excluding hydrogens is 236 g/mol. The van der Waals surface area contributed by atoms with Crippen molar-refractivity contribution >= 4 is 11.4 Å². The van der Waals surface area contributed by atoms with E-state index in [0.717, 1.165) is 0 Å². The fourth-order valence-corrected chi connectivity index (χ4v) is 1.54. The zero-order valence-electron chi connectivity index (χ0n) is 10.8. The molecule has 0 aliphatic heterocycles. The normalized spacial score (nSPS) is 13.8. The van der Waals surface area contributed by atoms with Gasteiger partial charge in [0.1, 0.15) is 5.69 Å². The molecule has 1 unspecified atom stereocenters. The summed E-state index contributed by atoms with van der Waals surface area (Å²) in [5.41, 5.74) is -0.372. The lowest BCUT2D eigenvalue weighted by Crippen LogP contribution is -2.38. The van der Waals surface area contributed by atoms with Crippen LogP contribution < -0.4 is 10.1 Å². The molecular formula is C12H18N2O4. The zero-order chi connectivity index (χ0) is 13.8. The van der Waals surface area contributed by atoms with Crippen molar-refractivity contribution in [1.29, 1.82) is 0 Å². The van der Waals surface area contributed by atoms with Crippen molar-refractivity contribution < 1.29 is 14.8 Å². The molecule has 100 valence electrons. The molecule has 2 N–H and O–H groups in total. The number of nitrogens with one attached hydrogen (secondary N) is 1. The first-order valence-electron chi connectivity index (χ1n) is 5.68. The van der Waals surface area contributed by atoms with Gasteiger partial charge in [-0.05, 0) is 25.5 Å². The van der Waals surface area contributed by atoms with Gasteiger partial charge in [0, 0.05) is 0 Å². The zero-order valence-corrected chi connectivity index (χ0v) is 10.8. The Bertz CT molecular complexity index is 430. The highest BCUT2D eigenvalue weighted by Gasteiger charge is 2.27. The highest BCUT2D eigenvalue weighted by atomic mass is 16.6. The summed E-state index contributed by atoms with van der Waals surface area (Å²) in [5, 5.41) is 23.4. The molecule has 1 aromatic carbocycles. The SMILES string of the molecule is CCC(C)(CO)Nc1cccc(OC)c1[N+](=O)[O-]. The van der Waals surface area contributed by atoms with E-state index in [9.17, 15) is 15.2 Å². The second-order valence-electron chi connectivity index (χ2n) is 4.31. The highest BCUT2D eigenvalue weighted by Crippen LogP contribution is 2.36. The molecule has 0 aliphatic rings. The molecule has 0 aliphatic carbocycles. The van der Waals surface area contributed by atoms with E-state index in [-0.39, 0.29) is 18.0 Å². The number of nitro groups is 1. The van der Waals surface area contributed by atoms with Gasteiger partial charge in [0.25, 0.3) is 0 Å². The van der Waals surface area contributed by atoms with Crippen LogP contribution in [0.4, 0.5) is 11.4 Å². The minimum absolute atomic E-state index is 0.113. The first-order valence-corrected chi connectivity index (χ1v) is 5.68. The van der Waals surface area contributed by atoms with Gasteiger partial charge in [-0.15, -0.1) is 0 Å². The van der Waals surface area contributed by atoms with Crippen LogP contribution in [-0.4, -0.2) is 29.3 Å². The van der Waals surface area contributed by atoms with Crippen LogP contribution in [0, 0.1) is 10.1 Å². The molecule has 1 rings (SSSR count). The van der Waals surface area contributed by atoms with Crippen molar-refractivity contribution in [3.63, 3.8) is 0 Å². The lowest BCUT2D eigenvalue weighted by Gasteiger charge is -2.28. The van der Waals surface area contributed by atoms with Crippen LogP contribution in [0.15, 0.2) is 18.2 Å². The summed E-state index contributed by atoms with van der Waals surface area (Å²) in [4.78, 5) is 10.6. The second-order valence-corrected chi connectivity index (χ2v) is 4.31. The van der Waals surface area contributed by atoms with Crippen molar-refractivity contribution in [2.75, 3.05) is 19.0 Å². The number of aliphatic hydroxyl groups excluding tert-OH is 1. The molecule has 0 saturated heterocycles. The Morgan fingerprint density at radius 3 is 2.67 bits per heavy atom. The Morgan fingerprint density at radius 1 is 1.56 bits per heavy atom. The quantitative estimate of drug-likeness (QED) is 0.600. The number of anilines is 1. The number of aliphatic hydroxyl groups is 1. The molecule has 0 aromatic heterocycles. The third-order valence-corrected chi connectivity index (χ3v) is 2.97. The number of benzene rings is 1. The molecule has 0 heterocycles. The van der Waals surface area contributed by atoms with Crippen molar-refractivity contribution in [2.24, 2.45) is 0 Å². The van der Waals surface area contributed by atoms with E-state index >= 15 is 0 Å². The summed E-state index contributed by atoms with van der Waals surface area (Å²) in [7, 11) is 1.39. The van der Waals surface area contributed by atoms with E-state index in [1.807, 2.05) is 6.92 Å². The highest BCUT2D eigenvalue weighted by molar-refractivity contribution is 5.69. The van der Waals surface area contributed by atoms with Crippen LogP contribution >= 0.6 is 0 Å². The number of rotatable bonds is 6. The fraction of sp³-hybridized carbons (Fsp3) is 0.500. The lowest BCUT2D eigenvalue weighted by atomic mass is 9.99. The van der Waals surface area contributed by atoms with Gasteiger partial charge in [-0.3, -0.25) is 10.1 Å². The van der Waals surface area contributed by atoms with Gasteiger partial charge in [-0.1, -0.05) is 13.0 Å². The Hall–Kier alpha value is -1.82. The van der Waals surface area contributed by atoms with Gasteiger partial charge >= 0.3 is 5.69 Å². The van der Waals surface area contributed by atoms with Gasteiger partial charge in [0.05, 0.1) is 24.2 Å². The van der Waals surface area contributed by atoms with Crippen LogP contribution in [0.2, 0.25) is 0 Å². The number of nitro benzene ring substituents is 1. The number of para-hydroxylation sites is 1. The van der Waals surface area contributed by atoms with Crippen LogP contribution in [0.1, 0.15) is 20.3 Å². The first-order chi connectivity index (χ1) is 8.47. The number of hydrogen-bond acceptors (Lipinski definition) is 5. The van der Waals surface area contributed by atoms with Gasteiger partial charge in [-0.2, -0.15) is 0 Å². The summed E-state index contributed by atoms with van der Waals surface area (Å²) >= 11 is 0. The third-order valence-electron chi connectivity index (χ3n) is 2.97. The van der Waals surface area contributed by atoms with Crippen molar-refractivity contribution in [2.45, 2.75) is 25.8 Å². The summed E-state index contributed by atoms with van der Waals surface area (Å²) in [6.07, 6.45) is 0.637. The standard InChI is InChI=1S/C12H18N2O4/c1-4-12(2,8-15)13-9-6-5-7-10(18-3)11(9)14(16)17/h5-7,13,15H,4,8H2,1-3H3. The molecule has 6 heteroatoms. The molecule has 0 radical (unpaired) electrons. The summed E-state index contributed by atoms with van der Waals surface area (Å²) < 4.78 is 4.98. The first kappa shape index (κ1) is 14.2. The van der Waals surface area contributed by atoms with E-state index < -0.39 is 10.5 Å². The Kier molecular flexibility index (Phi) is 4.49. The minimum Gasteiger partial charge on any atom is -0.490 e. The van der Waals surface area contributed by atoms with Gasteiger partial charge < -0.3 is 15.2 Å². The lowest BCUT2D eigenvalue weighted by molar-refractivity contribution is -0.384. The van der Waals surface area contributed by atoms with E-state index in [2.05, 4.69) is 5.32 Å². The topological polar surface area (TPSA) is 84.6 Å². The summed E-state index contributed by atoms with van der Waals surface area (Å²) in [6.45, 7) is 3.59. The average molecular weight is 254 g/mol. The molecule has 6 nitrogen and oxygen atoms in total. The molecule has 0 spiro atoms. The number of methoxy groups -OCH3 is 1. The molecule has 18 heavy (non-hydrogen) atoms. The van der Waals surface area contributed by atoms with Crippen LogP contribution in [0.3, 0.4) is 0 Å². The minimum atomic E-state index is -0.600. The van der Waals surface area contributed by atoms with Gasteiger partial charge in [0.2, 0.25) is 0 Å². The second kappa shape index (κ2) is 5.68. The van der Waals surface area contributed by atoms with Crippen LogP contribution in [0.25, 0.3) is 0 Å². The Morgan fingerprint density at radius 2 is 2.22 bits per heavy atom. The maximum atomic E-state index is 11.1. The van der Waals surface area contributed by atoms with E-state index in [1.54, 1.807) is 19.1 Å². The summed E-state index contributed by atoms with van der Waals surface area (Å²) in [5.74, 6) is 0.196. The molecule has 0 amide bonds. The average Bonchev–Trinajstić information content (AvgIpc) is 2.37. The van der Waals surface area contributed by atoms with E-state index in [4.69, 9.17) is 4.74 Å². The van der Waals surface area contributed by atoms with Crippen molar-refractivity contribution in [3.8, 4) is 5.75 Å². The molecule has 0 bridgehead atoms. The van der Waals surface area contributed by atoms with Crippen molar-refractivity contribution in [3.05, 3.63) is 28.3 Å². The molecule has 0 saturated carbocycles. The maximum Gasteiger partial charge on any atom is 0.333 e. The molecule has 1 atom stereocenters. The monoisotopic (exact) mass is 254 g/mol. The fourth-order valence-electron chi connectivity index (χ4n) is 1.54.